The van der Waals surface area contributed by atoms with E-state index in [0.717, 1.165) is 0 Å². The van der Waals surface area contributed by atoms with E-state index in [2.05, 4.69) is 9.71 Å². The zero-order valence-electron chi connectivity index (χ0n) is 10.6. The first kappa shape index (κ1) is 13.1. The van der Waals surface area contributed by atoms with Gasteiger partial charge in [-0.2, -0.15) is 0 Å². The van der Waals surface area contributed by atoms with Gasteiger partial charge >= 0.3 is 5.97 Å². The Bertz CT molecular complexity index is 696. The summed E-state index contributed by atoms with van der Waals surface area (Å²) in [6.07, 6.45) is 1.72. The zero-order valence-corrected chi connectivity index (χ0v) is 11.4. The summed E-state index contributed by atoms with van der Waals surface area (Å²) in [7, 11) is -3.52. The molecule has 2 aliphatic rings. The highest BCUT2D eigenvalue weighted by molar-refractivity contribution is 7.90. The van der Waals surface area contributed by atoms with Crippen LogP contribution >= 0.6 is 0 Å². The van der Waals surface area contributed by atoms with E-state index in [9.17, 15) is 13.2 Å². The molecular formula is C13H14N2O4S. The maximum Gasteiger partial charge on any atom is 0.306 e. The predicted molar refractivity (Wildman–Crippen MR) is 72.1 cm³/mol. The van der Waals surface area contributed by atoms with Crippen LogP contribution in [0.1, 0.15) is 24.8 Å². The molecule has 0 amide bonds. The van der Waals surface area contributed by atoms with Gasteiger partial charge in [0.1, 0.15) is 5.84 Å². The minimum Gasteiger partial charge on any atom is -0.481 e. The Balaban J connectivity index is 1.90. The van der Waals surface area contributed by atoms with Gasteiger partial charge in [0.25, 0.3) is 10.0 Å². The lowest BCUT2D eigenvalue weighted by atomic mass is 10.1. The topological polar surface area (TPSA) is 95.8 Å². The van der Waals surface area contributed by atoms with Gasteiger partial charge in [-0.15, -0.1) is 0 Å². The largest absolute Gasteiger partial charge is 0.481 e. The number of aliphatic imine (C=N–C) groups is 1. The molecule has 2 atom stereocenters. The summed E-state index contributed by atoms with van der Waals surface area (Å²) in [6.45, 7) is 0. The number of carbonyl (C=O) groups is 1. The van der Waals surface area contributed by atoms with Crippen LogP contribution in [0.2, 0.25) is 0 Å². The van der Waals surface area contributed by atoms with Gasteiger partial charge in [-0.1, -0.05) is 12.1 Å². The molecule has 1 aliphatic heterocycles. The average Bonchev–Trinajstić information content (AvgIpc) is 2.95. The highest BCUT2D eigenvalue weighted by Crippen LogP contribution is 2.30. The van der Waals surface area contributed by atoms with Crippen molar-refractivity contribution < 1.29 is 18.3 Å². The number of carboxylic acids is 1. The first-order chi connectivity index (χ1) is 9.47. The number of rotatable bonds is 2. The second-order valence-corrected chi connectivity index (χ2v) is 6.73. The summed E-state index contributed by atoms with van der Waals surface area (Å²) < 4.78 is 26.3. The Labute approximate surface area is 116 Å². The number of amidine groups is 1. The fraction of sp³-hybridized carbons (Fsp3) is 0.385. The fourth-order valence-electron chi connectivity index (χ4n) is 2.71. The van der Waals surface area contributed by atoms with Crippen molar-refractivity contribution in [2.75, 3.05) is 0 Å². The molecule has 106 valence electrons. The molecule has 1 aromatic rings. The summed E-state index contributed by atoms with van der Waals surface area (Å²) in [4.78, 5) is 15.6. The Morgan fingerprint density at radius 2 is 2.05 bits per heavy atom. The van der Waals surface area contributed by atoms with Crippen LogP contribution in [-0.2, 0) is 14.8 Å². The van der Waals surface area contributed by atoms with Crippen LogP contribution < -0.4 is 4.72 Å². The number of benzene rings is 1. The fourth-order valence-corrected chi connectivity index (χ4v) is 3.95. The second-order valence-electron chi connectivity index (χ2n) is 5.08. The number of nitrogens with zero attached hydrogens (tertiary/aromatic N) is 1. The molecule has 1 aliphatic carbocycles. The van der Waals surface area contributed by atoms with E-state index in [-0.39, 0.29) is 16.9 Å². The Morgan fingerprint density at radius 3 is 2.75 bits per heavy atom. The molecular weight excluding hydrogens is 280 g/mol. The third-order valence-corrected chi connectivity index (χ3v) is 5.13. The Kier molecular flexibility index (Phi) is 3.01. The van der Waals surface area contributed by atoms with Gasteiger partial charge in [0, 0.05) is 5.56 Å². The molecule has 0 aromatic heterocycles. The van der Waals surface area contributed by atoms with Gasteiger partial charge in [-0.05, 0) is 31.4 Å². The second kappa shape index (κ2) is 4.59. The predicted octanol–water partition coefficient (Wildman–Crippen LogP) is 0.978. The normalized spacial score (nSPS) is 29.1. The molecule has 0 saturated heterocycles. The van der Waals surface area contributed by atoms with Crippen LogP contribution in [0.3, 0.4) is 0 Å². The van der Waals surface area contributed by atoms with Gasteiger partial charge in [0.05, 0.1) is 16.9 Å². The lowest BCUT2D eigenvalue weighted by molar-refractivity contribution is -0.141. The van der Waals surface area contributed by atoms with Crippen LogP contribution in [0.15, 0.2) is 34.2 Å². The highest BCUT2D eigenvalue weighted by atomic mass is 32.2. The van der Waals surface area contributed by atoms with Gasteiger partial charge in [0.15, 0.2) is 0 Å². The minimum atomic E-state index is -3.52. The van der Waals surface area contributed by atoms with Crippen molar-refractivity contribution in [1.82, 2.24) is 4.72 Å². The number of hydrogen-bond donors (Lipinski definition) is 2. The van der Waals surface area contributed by atoms with Gasteiger partial charge in [-0.25, -0.2) is 8.42 Å². The van der Waals surface area contributed by atoms with Crippen molar-refractivity contribution in [1.29, 1.82) is 0 Å². The van der Waals surface area contributed by atoms with Gasteiger partial charge < -0.3 is 5.11 Å². The summed E-state index contributed by atoms with van der Waals surface area (Å²) in [6, 6.07) is 6.52. The summed E-state index contributed by atoms with van der Waals surface area (Å²) >= 11 is 0. The molecule has 0 radical (unpaired) electrons. The molecule has 6 nitrogen and oxygen atoms in total. The number of sulfonamides is 1. The van der Waals surface area contributed by atoms with E-state index in [1.165, 1.54) is 6.07 Å². The van der Waals surface area contributed by atoms with Crippen molar-refractivity contribution >= 4 is 21.8 Å². The molecule has 2 N–H and O–H groups in total. The first-order valence-electron chi connectivity index (χ1n) is 6.40. The van der Waals surface area contributed by atoms with Gasteiger partial charge in [-0.3, -0.25) is 14.5 Å². The number of nitrogens with one attached hydrogen (secondary N) is 1. The number of aliphatic carboxylic acids is 1. The van der Waals surface area contributed by atoms with Crippen LogP contribution in [0.4, 0.5) is 0 Å². The SMILES string of the molecule is O=C(O)[C@@H]1CC[C@H](N=C2NS(=O)(=O)c3ccccc32)C1. The monoisotopic (exact) mass is 294 g/mol. The van der Waals surface area contributed by atoms with E-state index in [1.54, 1.807) is 18.2 Å². The summed E-state index contributed by atoms with van der Waals surface area (Å²) in [5, 5.41) is 8.97. The standard InChI is InChI=1S/C13H14N2O4S/c16-13(17)8-5-6-9(7-8)14-12-10-3-1-2-4-11(10)20(18,19)15-12/h1-4,8-9H,5-7H2,(H,14,15)(H,16,17)/t8-,9+/m1/s1. The molecule has 20 heavy (non-hydrogen) atoms. The molecule has 7 heteroatoms. The Morgan fingerprint density at radius 1 is 1.30 bits per heavy atom. The first-order valence-corrected chi connectivity index (χ1v) is 7.88. The summed E-state index contributed by atoms with van der Waals surface area (Å²) in [5.74, 6) is -0.852. The number of carboxylic acid groups (broad SMARTS) is 1. The molecule has 3 rings (SSSR count). The molecule has 1 saturated carbocycles. The third-order valence-electron chi connectivity index (χ3n) is 3.73. The van der Waals surface area contributed by atoms with E-state index in [1.807, 2.05) is 0 Å². The lowest BCUT2D eigenvalue weighted by Gasteiger charge is -2.06. The zero-order chi connectivity index (χ0) is 14.3. The van der Waals surface area contributed by atoms with Crippen LogP contribution in [-0.4, -0.2) is 31.4 Å². The molecule has 1 heterocycles. The molecule has 0 bridgehead atoms. The van der Waals surface area contributed by atoms with E-state index in [4.69, 9.17) is 5.11 Å². The number of hydrogen-bond acceptors (Lipinski definition) is 4. The van der Waals surface area contributed by atoms with Gasteiger partial charge in [0.2, 0.25) is 0 Å². The smallest absolute Gasteiger partial charge is 0.306 e. The highest BCUT2D eigenvalue weighted by Gasteiger charge is 2.33. The third kappa shape index (κ3) is 2.18. The maximum atomic E-state index is 11.9. The van der Waals surface area contributed by atoms with Crippen LogP contribution in [0, 0.1) is 5.92 Å². The average molecular weight is 294 g/mol. The number of fused-ring (bicyclic) bond motifs is 1. The molecule has 1 fully saturated rings. The summed E-state index contributed by atoms with van der Waals surface area (Å²) in [5.41, 5.74) is 0.561. The van der Waals surface area contributed by atoms with Crippen LogP contribution in [0.25, 0.3) is 0 Å². The van der Waals surface area contributed by atoms with Crippen molar-refractivity contribution in [3.05, 3.63) is 29.8 Å². The van der Waals surface area contributed by atoms with Crippen molar-refractivity contribution in [2.45, 2.75) is 30.2 Å². The quantitative estimate of drug-likeness (QED) is 0.849. The maximum absolute atomic E-state index is 11.9. The molecule has 1 aromatic carbocycles. The Hall–Kier alpha value is -1.89. The van der Waals surface area contributed by atoms with E-state index in [0.29, 0.717) is 30.7 Å². The molecule has 0 unspecified atom stereocenters. The van der Waals surface area contributed by atoms with E-state index < -0.39 is 16.0 Å². The molecule has 0 spiro atoms. The van der Waals surface area contributed by atoms with Crippen molar-refractivity contribution in [2.24, 2.45) is 10.9 Å². The van der Waals surface area contributed by atoms with Crippen molar-refractivity contribution in [3.8, 4) is 0 Å². The lowest BCUT2D eigenvalue weighted by Crippen LogP contribution is -2.23. The minimum absolute atomic E-state index is 0.139. The van der Waals surface area contributed by atoms with Crippen molar-refractivity contribution in [3.63, 3.8) is 0 Å². The van der Waals surface area contributed by atoms with E-state index >= 15 is 0 Å². The van der Waals surface area contributed by atoms with Crippen LogP contribution in [0.5, 0.6) is 0 Å².